The number of amides is 1. The summed E-state index contributed by atoms with van der Waals surface area (Å²) in [4.78, 5) is 18.3. The topological polar surface area (TPSA) is 70.8 Å². The van der Waals surface area contributed by atoms with Gasteiger partial charge in [-0.05, 0) is 87.3 Å². The molecule has 0 atom stereocenters. The van der Waals surface area contributed by atoms with Gasteiger partial charge in [-0.15, -0.1) is 0 Å². The summed E-state index contributed by atoms with van der Waals surface area (Å²) in [6.07, 6.45) is -2.92. The van der Waals surface area contributed by atoms with Gasteiger partial charge in [0.05, 0.1) is 22.9 Å². The van der Waals surface area contributed by atoms with Gasteiger partial charge in [0, 0.05) is 31.1 Å². The molecule has 1 N–H and O–H groups in total. The largest absolute Gasteiger partial charge is 0.417 e. The lowest BCUT2D eigenvalue weighted by Gasteiger charge is -2.34. The number of piperidine rings is 1. The first-order valence-corrected chi connectivity index (χ1v) is 11.7. The summed E-state index contributed by atoms with van der Waals surface area (Å²) in [5.74, 6) is -0.138. The third kappa shape index (κ3) is 4.46. The van der Waals surface area contributed by atoms with E-state index in [1.165, 1.54) is 6.07 Å². The van der Waals surface area contributed by atoms with Crippen molar-refractivity contribution in [1.29, 1.82) is 5.26 Å². The van der Waals surface area contributed by atoms with Gasteiger partial charge in [0.15, 0.2) is 5.11 Å². The van der Waals surface area contributed by atoms with E-state index in [1.54, 1.807) is 24.8 Å². The molecule has 2 heterocycles. The Balaban J connectivity index is 1.63. The van der Waals surface area contributed by atoms with Crippen LogP contribution in [0.3, 0.4) is 0 Å². The molecular formula is C25H25F3N4O2S. The van der Waals surface area contributed by atoms with E-state index in [1.807, 2.05) is 24.3 Å². The summed E-state index contributed by atoms with van der Waals surface area (Å²) < 4.78 is 40.5. The minimum atomic E-state index is -4.75. The summed E-state index contributed by atoms with van der Waals surface area (Å²) in [5.41, 5.74) is -1.14. The Morgan fingerprint density at radius 1 is 1.09 bits per heavy atom. The van der Waals surface area contributed by atoms with Crippen molar-refractivity contribution in [2.24, 2.45) is 5.92 Å². The molecule has 6 nitrogen and oxygen atoms in total. The first kappa shape index (κ1) is 24.9. The number of hydrogen-bond acceptors (Lipinski definition) is 5. The molecule has 10 heteroatoms. The van der Waals surface area contributed by atoms with Crippen LogP contribution in [0.25, 0.3) is 0 Å². The molecule has 1 amide bonds. The fourth-order valence-corrected chi connectivity index (χ4v) is 5.17. The van der Waals surface area contributed by atoms with Crippen molar-refractivity contribution in [3.8, 4) is 6.07 Å². The van der Waals surface area contributed by atoms with Crippen molar-refractivity contribution >= 4 is 40.3 Å². The number of alkyl halides is 3. The number of benzene rings is 2. The maximum absolute atomic E-state index is 13.5. The Labute approximate surface area is 207 Å². The second kappa shape index (κ2) is 9.13. The SMILES string of the molecule is CC1(C)C(=O)N(c2ccc(C#N)c(C(F)(F)F)c2)C(=S)N1c1ccc(N2CCC(CO)CC2)cc1. The number of anilines is 3. The fourth-order valence-electron chi connectivity index (χ4n) is 4.65. The average Bonchev–Trinajstić information content (AvgIpc) is 3.01. The molecule has 2 aromatic carbocycles. The van der Waals surface area contributed by atoms with Crippen molar-refractivity contribution in [3.63, 3.8) is 0 Å². The number of hydrogen-bond donors (Lipinski definition) is 1. The van der Waals surface area contributed by atoms with E-state index in [4.69, 9.17) is 17.5 Å². The first-order chi connectivity index (χ1) is 16.5. The third-order valence-corrected chi connectivity index (χ3v) is 7.07. The Kier molecular flexibility index (Phi) is 6.51. The van der Waals surface area contributed by atoms with Crippen LogP contribution in [0.4, 0.5) is 30.2 Å². The van der Waals surface area contributed by atoms with Crippen LogP contribution in [-0.2, 0) is 11.0 Å². The van der Waals surface area contributed by atoms with E-state index in [-0.39, 0.29) is 17.4 Å². The number of thiocarbonyl (C=S) groups is 1. The van der Waals surface area contributed by atoms with Gasteiger partial charge in [-0.2, -0.15) is 18.4 Å². The number of nitrogens with zero attached hydrogens (tertiary/aromatic N) is 4. The van der Waals surface area contributed by atoms with Gasteiger partial charge >= 0.3 is 6.18 Å². The lowest BCUT2D eigenvalue weighted by molar-refractivity contribution is -0.137. The highest BCUT2D eigenvalue weighted by Crippen LogP contribution is 2.40. The Morgan fingerprint density at radius 2 is 1.66 bits per heavy atom. The summed E-state index contributed by atoms with van der Waals surface area (Å²) in [7, 11) is 0. The molecule has 0 spiro atoms. The molecule has 0 saturated carbocycles. The Morgan fingerprint density at radius 3 is 2.20 bits per heavy atom. The van der Waals surface area contributed by atoms with Gasteiger partial charge in [0.2, 0.25) is 0 Å². The van der Waals surface area contributed by atoms with Crippen LogP contribution in [0.1, 0.15) is 37.8 Å². The fraction of sp³-hybridized carbons (Fsp3) is 0.400. The van der Waals surface area contributed by atoms with Gasteiger partial charge in [0.25, 0.3) is 5.91 Å². The average molecular weight is 503 g/mol. The van der Waals surface area contributed by atoms with Gasteiger partial charge in [0.1, 0.15) is 5.54 Å². The lowest BCUT2D eigenvalue weighted by atomic mass is 9.97. The molecule has 0 unspecified atom stereocenters. The quantitative estimate of drug-likeness (QED) is 0.611. The van der Waals surface area contributed by atoms with Crippen LogP contribution in [0, 0.1) is 17.2 Å². The number of carbonyl (C=O) groups excluding carboxylic acids is 1. The van der Waals surface area contributed by atoms with Crippen molar-refractivity contribution in [2.75, 3.05) is 34.4 Å². The van der Waals surface area contributed by atoms with Gasteiger partial charge in [-0.3, -0.25) is 9.69 Å². The minimum absolute atomic E-state index is 0.0368. The maximum Gasteiger partial charge on any atom is 0.417 e. The van der Waals surface area contributed by atoms with E-state index < -0.39 is 28.7 Å². The van der Waals surface area contributed by atoms with E-state index in [9.17, 15) is 23.1 Å². The second-order valence-electron chi connectivity index (χ2n) is 9.29. The lowest BCUT2D eigenvalue weighted by Crippen LogP contribution is -2.44. The Hall–Kier alpha value is -3.16. The molecule has 4 rings (SSSR count). The Bertz CT molecular complexity index is 1180. The molecular weight excluding hydrogens is 477 g/mol. The minimum Gasteiger partial charge on any atom is -0.396 e. The van der Waals surface area contributed by atoms with Crippen LogP contribution in [0.2, 0.25) is 0 Å². The molecule has 0 aliphatic carbocycles. The molecule has 2 saturated heterocycles. The summed E-state index contributed by atoms with van der Waals surface area (Å²) in [5, 5.41) is 18.5. The van der Waals surface area contributed by atoms with Crippen molar-refractivity contribution < 1.29 is 23.1 Å². The predicted molar refractivity (Wildman–Crippen MR) is 131 cm³/mol. The summed E-state index contributed by atoms with van der Waals surface area (Å²) >= 11 is 5.58. The van der Waals surface area contributed by atoms with E-state index >= 15 is 0 Å². The second-order valence-corrected chi connectivity index (χ2v) is 9.65. The molecule has 2 aromatic rings. The molecule has 2 fully saturated rings. The van der Waals surface area contributed by atoms with Crippen LogP contribution in [-0.4, -0.2) is 41.4 Å². The van der Waals surface area contributed by atoms with Gasteiger partial charge < -0.3 is 14.9 Å². The number of aliphatic hydroxyl groups excluding tert-OH is 1. The predicted octanol–water partition coefficient (Wildman–Crippen LogP) is 4.70. The number of rotatable bonds is 4. The zero-order valence-corrected chi connectivity index (χ0v) is 20.2. The zero-order chi connectivity index (χ0) is 25.5. The number of aliphatic hydroxyl groups is 1. The normalized spacial score (nSPS) is 18.8. The molecule has 0 radical (unpaired) electrons. The smallest absolute Gasteiger partial charge is 0.396 e. The number of halogens is 3. The van der Waals surface area contributed by atoms with Gasteiger partial charge in [-0.25, -0.2) is 0 Å². The first-order valence-electron chi connectivity index (χ1n) is 11.2. The maximum atomic E-state index is 13.5. The molecule has 35 heavy (non-hydrogen) atoms. The van der Waals surface area contributed by atoms with E-state index in [0.717, 1.165) is 48.7 Å². The van der Waals surface area contributed by atoms with Gasteiger partial charge in [-0.1, -0.05) is 0 Å². The van der Waals surface area contributed by atoms with Crippen LogP contribution >= 0.6 is 12.2 Å². The van der Waals surface area contributed by atoms with Crippen molar-refractivity contribution in [3.05, 3.63) is 53.6 Å². The number of carbonyl (C=O) groups is 1. The summed E-state index contributed by atoms with van der Waals surface area (Å²) in [6.45, 7) is 5.21. The summed E-state index contributed by atoms with van der Waals surface area (Å²) in [6, 6.07) is 12.3. The molecule has 2 aliphatic heterocycles. The van der Waals surface area contributed by atoms with Crippen LogP contribution in [0.15, 0.2) is 42.5 Å². The standard InChI is InChI=1S/C25H25F3N4O2S/c1-24(2)22(34)31(20-4-3-17(14-29)21(13-20)25(26,27)28)23(35)32(24)19-7-5-18(6-8-19)30-11-9-16(15-33)10-12-30/h3-8,13,16,33H,9-12,15H2,1-2H3. The molecule has 2 aliphatic rings. The van der Waals surface area contributed by atoms with Crippen molar-refractivity contribution in [1.82, 2.24) is 0 Å². The third-order valence-electron chi connectivity index (χ3n) is 6.70. The monoisotopic (exact) mass is 502 g/mol. The van der Waals surface area contributed by atoms with E-state index in [2.05, 4.69) is 4.90 Å². The molecule has 0 bridgehead atoms. The number of nitriles is 1. The highest BCUT2D eigenvalue weighted by molar-refractivity contribution is 7.81. The highest BCUT2D eigenvalue weighted by atomic mass is 32.1. The van der Waals surface area contributed by atoms with Crippen LogP contribution < -0.4 is 14.7 Å². The van der Waals surface area contributed by atoms with Crippen LogP contribution in [0.5, 0.6) is 0 Å². The van der Waals surface area contributed by atoms with Crippen molar-refractivity contribution in [2.45, 2.75) is 38.4 Å². The zero-order valence-electron chi connectivity index (χ0n) is 19.3. The highest BCUT2D eigenvalue weighted by Gasteiger charge is 2.50. The molecule has 184 valence electrons. The van der Waals surface area contributed by atoms with E-state index in [0.29, 0.717) is 11.6 Å². The molecule has 0 aromatic heterocycles.